The Balaban J connectivity index is 1.32. The normalized spacial score (nSPS) is 13.0. The van der Waals surface area contributed by atoms with Crippen LogP contribution in [-0.4, -0.2) is 59.2 Å². The Bertz CT molecular complexity index is 1160. The lowest BCUT2D eigenvalue weighted by Crippen LogP contribution is -2.45. The summed E-state index contributed by atoms with van der Waals surface area (Å²) >= 11 is 0. The number of fused-ring (bicyclic) bond motifs is 3. The lowest BCUT2D eigenvalue weighted by molar-refractivity contribution is -0.143. The van der Waals surface area contributed by atoms with Crippen molar-refractivity contribution in [3.63, 3.8) is 0 Å². The van der Waals surface area contributed by atoms with Crippen molar-refractivity contribution in [1.82, 2.24) is 15.1 Å². The Hall–Kier alpha value is -4.18. The monoisotopic (exact) mass is 464 g/mol. The van der Waals surface area contributed by atoms with E-state index in [0.717, 1.165) is 22.3 Å². The van der Waals surface area contributed by atoms with Gasteiger partial charge in [0.2, 0.25) is 5.91 Å². The Morgan fingerprint density at radius 1 is 1.09 bits per heavy atom. The fourth-order valence-electron chi connectivity index (χ4n) is 4.00. The van der Waals surface area contributed by atoms with Gasteiger partial charge >= 0.3 is 12.1 Å². The van der Waals surface area contributed by atoms with Gasteiger partial charge in [0.15, 0.2) is 6.04 Å². The van der Waals surface area contributed by atoms with Crippen LogP contribution in [-0.2, 0) is 25.6 Å². The van der Waals surface area contributed by atoms with Crippen molar-refractivity contribution in [2.75, 3.05) is 25.6 Å². The molecule has 0 radical (unpaired) electrons. The number of carboxylic acids is 1. The van der Waals surface area contributed by atoms with E-state index in [4.69, 9.17) is 14.6 Å². The number of carbonyl (C=O) groups excluding carboxylic acids is 2. The van der Waals surface area contributed by atoms with Crippen LogP contribution >= 0.6 is 0 Å². The second kappa shape index (κ2) is 10.2. The quantitative estimate of drug-likeness (QED) is 0.443. The number of amides is 2. The van der Waals surface area contributed by atoms with E-state index in [1.165, 1.54) is 24.2 Å². The lowest BCUT2D eigenvalue weighted by Gasteiger charge is -2.14. The van der Waals surface area contributed by atoms with Crippen LogP contribution in [0.4, 0.5) is 10.5 Å². The molecule has 0 saturated heterocycles. The number of carboxylic acid groups (broad SMARTS) is 1. The molecule has 176 valence electrons. The molecular formula is C24H24N4O6. The molecule has 2 aromatic carbocycles. The number of carbonyl (C=O) groups is 3. The molecule has 0 fully saturated rings. The van der Waals surface area contributed by atoms with Crippen LogP contribution in [0.15, 0.2) is 60.9 Å². The standard InChI is InChI=1S/C24H24N4O6/c1-33-14-21(23(30)31)27-22(29)12-28-11-15(10-25-28)26-24(32)34-13-20-18-8-4-2-6-16(18)17-7-3-5-9-19(17)20/h2-11,20-21H,12-14H2,1H3,(H,26,32)(H,27,29)(H,30,31)/t21-/m0/s1. The van der Waals surface area contributed by atoms with E-state index in [-0.39, 0.29) is 25.7 Å². The van der Waals surface area contributed by atoms with E-state index >= 15 is 0 Å². The summed E-state index contributed by atoms with van der Waals surface area (Å²) in [6.07, 6.45) is 2.18. The molecule has 1 atom stereocenters. The highest BCUT2D eigenvalue weighted by Crippen LogP contribution is 2.44. The molecule has 34 heavy (non-hydrogen) atoms. The predicted molar refractivity (Wildman–Crippen MR) is 122 cm³/mol. The number of hydrogen-bond acceptors (Lipinski definition) is 6. The Morgan fingerprint density at radius 2 is 1.74 bits per heavy atom. The van der Waals surface area contributed by atoms with Crippen LogP contribution < -0.4 is 10.6 Å². The number of benzene rings is 2. The first-order valence-electron chi connectivity index (χ1n) is 10.6. The maximum atomic E-state index is 12.4. The Morgan fingerprint density at radius 3 is 2.35 bits per heavy atom. The van der Waals surface area contributed by atoms with Gasteiger partial charge in [-0.05, 0) is 22.3 Å². The summed E-state index contributed by atoms with van der Waals surface area (Å²) < 4.78 is 11.6. The fourth-order valence-corrected chi connectivity index (χ4v) is 4.00. The maximum absolute atomic E-state index is 12.4. The van der Waals surface area contributed by atoms with Gasteiger partial charge in [-0.25, -0.2) is 9.59 Å². The summed E-state index contributed by atoms with van der Waals surface area (Å²) in [5.74, 6) is -1.81. The van der Waals surface area contributed by atoms with Crippen molar-refractivity contribution in [2.45, 2.75) is 18.5 Å². The molecule has 1 aliphatic carbocycles. The lowest BCUT2D eigenvalue weighted by atomic mass is 9.98. The minimum Gasteiger partial charge on any atom is -0.480 e. The number of rotatable bonds is 9. The predicted octanol–water partition coefficient (Wildman–Crippen LogP) is 2.46. The average Bonchev–Trinajstić information content (AvgIpc) is 3.39. The van der Waals surface area contributed by atoms with Gasteiger partial charge in [0, 0.05) is 19.2 Å². The summed E-state index contributed by atoms with van der Waals surface area (Å²) in [7, 11) is 1.34. The zero-order valence-electron chi connectivity index (χ0n) is 18.4. The molecule has 1 aromatic heterocycles. The first-order chi connectivity index (χ1) is 16.5. The van der Waals surface area contributed by atoms with Crippen LogP contribution in [0.25, 0.3) is 11.1 Å². The highest BCUT2D eigenvalue weighted by Gasteiger charge is 2.29. The number of nitrogens with zero attached hydrogens (tertiary/aromatic N) is 2. The second-order valence-corrected chi connectivity index (χ2v) is 7.79. The highest BCUT2D eigenvalue weighted by atomic mass is 16.5. The van der Waals surface area contributed by atoms with Gasteiger partial charge in [0.25, 0.3) is 0 Å². The molecule has 3 N–H and O–H groups in total. The Kier molecular flexibility index (Phi) is 6.88. The van der Waals surface area contributed by atoms with E-state index in [1.54, 1.807) is 0 Å². The molecule has 4 rings (SSSR count). The number of nitrogens with one attached hydrogen (secondary N) is 2. The number of hydrogen-bond donors (Lipinski definition) is 3. The first-order valence-corrected chi connectivity index (χ1v) is 10.6. The van der Waals surface area contributed by atoms with Gasteiger partial charge in [0.05, 0.1) is 18.5 Å². The maximum Gasteiger partial charge on any atom is 0.411 e. The third-order valence-electron chi connectivity index (χ3n) is 5.50. The summed E-state index contributed by atoms with van der Waals surface area (Å²) in [6, 6.07) is 15.0. The molecule has 10 heteroatoms. The summed E-state index contributed by atoms with van der Waals surface area (Å²) in [6.45, 7) is -0.207. The van der Waals surface area contributed by atoms with Gasteiger partial charge in [-0.15, -0.1) is 0 Å². The molecule has 2 amide bonds. The van der Waals surface area contributed by atoms with E-state index < -0.39 is 24.0 Å². The molecule has 10 nitrogen and oxygen atoms in total. The average molecular weight is 464 g/mol. The Labute approximate surface area is 195 Å². The van der Waals surface area contributed by atoms with Gasteiger partial charge in [-0.2, -0.15) is 5.10 Å². The van der Waals surface area contributed by atoms with Gasteiger partial charge in [-0.1, -0.05) is 48.5 Å². The van der Waals surface area contributed by atoms with Crippen molar-refractivity contribution in [3.05, 3.63) is 72.1 Å². The van der Waals surface area contributed by atoms with Crippen LogP contribution in [0.1, 0.15) is 17.0 Å². The van der Waals surface area contributed by atoms with E-state index in [1.807, 2.05) is 36.4 Å². The number of anilines is 1. The molecule has 1 aliphatic rings. The highest BCUT2D eigenvalue weighted by molar-refractivity contribution is 5.85. The van der Waals surface area contributed by atoms with E-state index in [9.17, 15) is 14.4 Å². The topological polar surface area (TPSA) is 132 Å². The van der Waals surface area contributed by atoms with Gasteiger partial charge in [-0.3, -0.25) is 14.8 Å². The molecule has 0 spiro atoms. The van der Waals surface area contributed by atoms with Gasteiger partial charge in [0.1, 0.15) is 13.2 Å². The van der Waals surface area contributed by atoms with Crippen LogP contribution in [0.5, 0.6) is 0 Å². The molecule has 3 aromatic rings. The molecule has 0 bridgehead atoms. The van der Waals surface area contributed by atoms with Crippen LogP contribution in [0, 0.1) is 0 Å². The summed E-state index contributed by atoms with van der Waals surface area (Å²) in [5.41, 5.74) is 4.85. The SMILES string of the molecule is COC[C@H](NC(=O)Cn1cc(NC(=O)OCC2c3ccccc3-c3ccccc32)cn1)C(=O)O. The summed E-state index contributed by atoms with van der Waals surface area (Å²) in [5, 5.41) is 18.0. The van der Waals surface area contributed by atoms with Crippen LogP contribution in [0.3, 0.4) is 0 Å². The van der Waals surface area contributed by atoms with E-state index in [0.29, 0.717) is 5.69 Å². The summed E-state index contributed by atoms with van der Waals surface area (Å²) in [4.78, 5) is 35.6. The zero-order valence-corrected chi connectivity index (χ0v) is 18.4. The number of aliphatic carboxylic acids is 1. The molecule has 0 saturated carbocycles. The van der Waals surface area contributed by atoms with Crippen molar-refractivity contribution in [2.24, 2.45) is 0 Å². The smallest absolute Gasteiger partial charge is 0.411 e. The van der Waals surface area contributed by atoms with Crippen molar-refractivity contribution in [3.8, 4) is 11.1 Å². The van der Waals surface area contributed by atoms with Crippen LogP contribution in [0.2, 0.25) is 0 Å². The fraction of sp³-hybridized carbons (Fsp3) is 0.250. The minimum atomic E-state index is -1.20. The van der Waals surface area contributed by atoms with Crippen molar-refractivity contribution < 1.29 is 29.0 Å². The zero-order chi connectivity index (χ0) is 24.1. The van der Waals surface area contributed by atoms with Gasteiger partial charge < -0.3 is 19.9 Å². The molecular weight excluding hydrogens is 440 g/mol. The second-order valence-electron chi connectivity index (χ2n) is 7.79. The van der Waals surface area contributed by atoms with E-state index in [2.05, 4.69) is 27.9 Å². The molecule has 0 unspecified atom stereocenters. The van der Waals surface area contributed by atoms with Crippen molar-refractivity contribution >= 4 is 23.7 Å². The number of aromatic nitrogens is 2. The number of methoxy groups -OCH3 is 1. The third-order valence-corrected chi connectivity index (χ3v) is 5.50. The first kappa shape index (κ1) is 23.0. The largest absolute Gasteiger partial charge is 0.480 e. The third kappa shape index (κ3) is 5.07. The minimum absolute atomic E-state index is 0.0566. The number of ether oxygens (including phenoxy) is 2. The van der Waals surface area contributed by atoms with Crippen molar-refractivity contribution in [1.29, 1.82) is 0 Å². The molecule has 0 aliphatic heterocycles. The molecule has 1 heterocycles.